The summed E-state index contributed by atoms with van der Waals surface area (Å²) in [4.78, 5) is 14.9. The number of benzene rings is 1. The summed E-state index contributed by atoms with van der Waals surface area (Å²) in [6, 6.07) is 16.4. The third-order valence-corrected chi connectivity index (χ3v) is 7.37. The van der Waals surface area contributed by atoms with Gasteiger partial charge in [-0.3, -0.25) is 4.79 Å². The molecule has 1 saturated heterocycles. The summed E-state index contributed by atoms with van der Waals surface area (Å²) < 4.78 is 5.55. The van der Waals surface area contributed by atoms with Gasteiger partial charge in [0.1, 0.15) is 5.76 Å². The van der Waals surface area contributed by atoms with Crippen molar-refractivity contribution in [1.82, 2.24) is 15.8 Å². The van der Waals surface area contributed by atoms with E-state index >= 15 is 0 Å². The second kappa shape index (κ2) is 10.8. The van der Waals surface area contributed by atoms with Crippen LogP contribution in [0.4, 0.5) is 0 Å². The van der Waals surface area contributed by atoms with Gasteiger partial charge in [0.2, 0.25) is 5.91 Å². The second-order valence-corrected chi connectivity index (χ2v) is 9.74. The van der Waals surface area contributed by atoms with E-state index < -0.39 is 0 Å². The van der Waals surface area contributed by atoms with Crippen molar-refractivity contribution in [2.45, 2.75) is 36.5 Å². The van der Waals surface area contributed by atoms with Gasteiger partial charge in [0.25, 0.3) is 0 Å². The summed E-state index contributed by atoms with van der Waals surface area (Å²) in [7, 11) is 0. The fourth-order valence-electron chi connectivity index (χ4n) is 3.85. The molecule has 7 heteroatoms. The van der Waals surface area contributed by atoms with E-state index in [2.05, 4.69) is 40.1 Å². The number of amides is 1. The molecule has 2 unspecified atom stereocenters. The number of thioether (sulfide) groups is 1. The Kier molecular flexibility index (Phi) is 7.61. The minimum atomic E-state index is 0.139. The van der Waals surface area contributed by atoms with Gasteiger partial charge in [-0.05, 0) is 61.3 Å². The van der Waals surface area contributed by atoms with Crippen LogP contribution in [0.2, 0.25) is 0 Å². The fraction of sp³-hybridized carbons (Fsp3) is 0.391. The van der Waals surface area contributed by atoms with Crippen LogP contribution in [0.15, 0.2) is 63.3 Å². The lowest BCUT2D eigenvalue weighted by atomic mass is 9.81. The number of rotatable bonds is 9. The maximum Gasteiger partial charge on any atom is 0.220 e. The zero-order valence-corrected chi connectivity index (χ0v) is 18.5. The lowest BCUT2D eigenvalue weighted by Gasteiger charge is -2.31. The highest BCUT2D eigenvalue weighted by molar-refractivity contribution is 7.98. The lowest BCUT2D eigenvalue weighted by Crippen LogP contribution is -2.40. The van der Waals surface area contributed by atoms with Crippen LogP contribution in [0.3, 0.4) is 0 Å². The van der Waals surface area contributed by atoms with Gasteiger partial charge < -0.3 is 15.2 Å². The first-order chi connectivity index (χ1) is 14.8. The summed E-state index contributed by atoms with van der Waals surface area (Å²) in [6.07, 6.45) is 2.44. The largest absolute Gasteiger partial charge is 0.360 e. The van der Waals surface area contributed by atoms with Gasteiger partial charge in [-0.2, -0.15) is 0 Å². The molecular weight excluding hydrogens is 414 g/mol. The van der Waals surface area contributed by atoms with Crippen molar-refractivity contribution in [3.8, 4) is 0 Å². The third-order valence-electron chi connectivity index (χ3n) is 5.46. The number of piperidine rings is 1. The Morgan fingerprint density at radius 1 is 1.23 bits per heavy atom. The number of carbonyl (C=O) groups excluding carboxylic acids is 1. The SMILES string of the molecule is O=C(CC1CCNCC1Cc1cc(CSc2ccccc2)on1)NCc1cccs1. The Labute approximate surface area is 185 Å². The number of aromatic nitrogens is 1. The minimum absolute atomic E-state index is 0.139. The van der Waals surface area contributed by atoms with E-state index in [1.54, 1.807) is 23.1 Å². The van der Waals surface area contributed by atoms with Crippen molar-refractivity contribution in [3.05, 3.63) is 70.2 Å². The standard InChI is InChI=1S/C23H27N3O2S2/c27-23(25-15-22-7-4-10-29-22)12-17-8-9-24-14-18(17)11-19-13-20(28-26-19)16-30-21-5-2-1-3-6-21/h1-7,10,13,17-18,24H,8-9,11-12,14-16H2,(H,25,27). The molecule has 0 bridgehead atoms. The van der Waals surface area contributed by atoms with Crippen molar-refractivity contribution in [3.63, 3.8) is 0 Å². The molecule has 2 N–H and O–H groups in total. The van der Waals surface area contributed by atoms with Gasteiger partial charge in [0, 0.05) is 22.3 Å². The number of hydrogen-bond acceptors (Lipinski definition) is 6. The number of thiophene rings is 1. The first kappa shape index (κ1) is 21.2. The van der Waals surface area contributed by atoms with Crippen LogP contribution >= 0.6 is 23.1 Å². The Balaban J connectivity index is 1.27. The van der Waals surface area contributed by atoms with Crippen molar-refractivity contribution < 1.29 is 9.32 Å². The van der Waals surface area contributed by atoms with E-state index in [9.17, 15) is 4.79 Å². The summed E-state index contributed by atoms with van der Waals surface area (Å²) in [5.74, 6) is 2.57. The normalized spacial score (nSPS) is 18.9. The molecule has 2 atom stereocenters. The Hall–Kier alpha value is -2.09. The van der Waals surface area contributed by atoms with Crippen LogP contribution in [-0.2, 0) is 23.5 Å². The predicted molar refractivity (Wildman–Crippen MR) is 121 cm³/mol. The fourth-order valence-corrected chi connectivity index (χ4v) is 5.29. The second-order valence-electron chi connectivity index (χ2n) is 7.66. The quantitative estimate of drug-likeness (QED) is 0.479. The molecule has 2 aromatic heterocycles. The average Bonchev–Trinajstić information content (AvgIpc) is 3.45. The van der Waals surface area contributed by atoms with Crippen LogP contribution in [0, 0.1) is 11.8 Å². The monoisotopic (exact) mass is 441 g/mol. The lowest BCUT2D eigenvalue weighted by molar-refractivity contribution is -0.122. The van der Waals surface area contributed by atoms with Crippen molar-refractivity contribution in [1.29, 1.82) is 0 Å². The van der Waals surface area contributed by atoms with Crippen molar-refractivity contribution in [2.75, 3.05) is 13.1 Å². The Morgan fingerprint density at radius 2 is 2.13 bits per heavy atom. The maximum absolute atomic E-state index is 12.5. The molecule has 30 heavy (non-hydrogen) atoms. The van der Waals surface area contributed by atoms with Gasteiger partial charge >= 0.3 is 0 Å². The van der Waals surface area contributed by atoms with Crippen LogP contribution in [-0.4, -0.2) is 24.2 Å². The van der Waals surface area contributed by atoms with Gasteiger partial charge in [-0.25, -0.2) is 0 Å². The Bertz CT molecular complexity index is 912. The predicted octanol–water partition coefficient (Wildman–Crippen LogP) is 4.50. The molecular formula is C23H27N3O2S2. The maximum atomic E-state index is 12.5. The first-order valence-electron chi connectivity index (χ1n) is 10.4. The molecule has 1 aliphatic rings. The summed E-state index contributed by atoms with van der Waals surface area (Å²) in [5.41, 5.74) is 0.983. The third kappa shape index (κ3) is 6.20. The molecule has 3 aromatic rings. The van der Waals surface area contributed by atoms with Crippen LogP contribution < -0.4 is 10.6 Å². The minimum Gasteiger partial charge on any atom is -0.360 e. The van der Waals surface area contributed by atoms with Crippen molar-refractivity contribution >= 4 is 29.0 Å². The summed E-state index contributed by atoms with van der Waals surface area (Å²) >= 11 is 3.42. The highest BCUT2D eigenvalue weighted by Crippen LogP contribution is 2.28. The number of nitrogens with zero attached hydrogens (tertiary/aromatic N) is 1. The summed E-state index contributed by atoms with van der Waals surface area (Å²) in [6.45, 7) is 2.51. The molecule has 0 spiro atoms. The van der Waals surface area contributed by atoms with E-state index in [0.717, 1.165) is 43.1 Å². The van der Waals surface area contributed by atoms with Crippen LogP contribution in [0.25, 0.3) is 0 Å². The molecule has 0 aliphatic carbocycles. The molecule has 5 nitrogen and oxygen atoms in total. The first-order valence-corrected chi connectivity index (χ1v) is 12.2. The molecule has 3 heterocycles. The number of nitrogens with one attached hydrogen (secondary N) is 2. The number of hydrogen-bond donors (Lipinski definition) is 2. The van der Waals surface area contributed by atoms with Crippen LogP contribution in [0.5, 0.6) is 0 Å². The molecule has 1 amide bonds. The van der Waals surface area contributed by atoms with Crippen molar-refractivity contribution in [2.24, 2.45) is 11.8 Å². The topological polar surface area (TPSA) is 67.2 Å². The van der Waals surface area contributed by atoms with Gasteiger partial charge in [0.15, 0.2) is 0 Å². The molecule has 1 aromatic carbocycles. The molecule has 4 rings (SSSR count). The molecule has 0 saturated carbocycles. The highest BCUT2D eigenvalue weighted by atomic mass is 32.2. The van der Waals surface area contributed by atoms with E-state index in [0.29, 0.717) is 24.8 Å². The zero-order valence-electron chi connectivity index (χ0n) is 16.9. The van der Waals surface area contributed by atoms with Gasteiger partial charge in [-0.1, -0.05) is 29.4 Å². The van der Waals surface area contributed by atoms with Gasteiger partial charge in [0.05, 0.1) is 18.0 Å². The highest BCUT2D eigenvalue weighted by Gasteiger charge is 2.28. The van der Waals surface area contributed by atoms with E-state index in [1.807, 2.05) is 29.6 Å². The zero-order chi connectivity index (χ0) is 20.6. The van der Waals surface area contributed by atoms with E-state index in [4.69, 9.17) is 4.52 Å². The van der Waals surface area contributed by atoms with E-state index in [1.165, 1.54) is 9.77 Å². The average molecular weight is 442 g/mol. The molecule has 1 aliphatic heterocycles. The molecule has 0 radical (unpaired) electrons. The molecule has 1 fully saturated rings. The smallest absolute Gasteiger partial charge is 0.220 e. The summed E-state index contributed by atoms with van der Waals surface area (Å²) in [5, 5.41) is 12.9. The van der Waals surface area contributed by atoms with E-state index in [-0.39, 0.29) is 5.91 Å². The molecule has 158 valence electrons. The van der Waals surface area contributed by atoms with Crippen LogP contribution in [0.1, 0.15) is 29.2 Å². The number of carbonyl (C=O) groups is 1. The Morgan fingerprint density at radius 3 is 2.97 bits per heavy atom. The van der Waals surface area contributed by atoms with Gasteiger partial charge in [-0.15, -0.1) is 23.1 Å².